The molecule has 0 aromatic carbocycles. The molecule has 0 spiro atoms. The molecule has 1 aromatic rings. The van der Waals surface area contributed by atoms with E-state index in [1.165, 1.54) is 4.88 Å². The van der Waals surface area contributed by atoms with Gasteiger partial charge in [0.1, 0.15) is 6.04 Å². The fourth-order valence-electron chi connectivity index (χ4n) is 1.18. The number of hydrogen-bond donors (Lipinski definition) is 2. The summed E-state index contributed by atoms with van der Waals surface area (Å²) in [6, 6.07) is 3.17. The van der Waals surface area contributed by atoms with Crippen LogP contribution in [-0.2, 0) is 11.3 Å². The molecule has 84 valence electrons. The minimum Gasteiger partial charge on any atom is -0.480 e. The maximum absolute atomic E-state index is 10.5. The zero-order valence-corrected chi connectivity index (χ0v) is 10.7. The molecule has 4 nitrogen and oxygen atoms in total. The summed E-state index contributed by atoms with van der Waals surface area (Å²) < 4.78 is 1.08. The van der Waals surface area contributed by atoms with E-state index in [2.05, 4.69) is 15.9 Å². The Morgan fingerprint density at radius 3 is 2.87 bits per heavy atom. The van der Waals surface area contributed by atoms with Crippen molar-refractivity contribution in [2.45, 2.75) is 12.6 Å². The van der Waals surface area contributed by atoms with E-state index in [0.717, 1.165) is 10.3 Å². The average Bonchev–Trinajstić information content (AvgIpc) is 2.50. The first kappa shape index (κ1) is 12.6. The van der Waals surface area contributed by atoms with E-state index in [-0.39, 0.29) is 0 Å². The number of likely N-dealkylation sites (N-methyl/N-ethyl adjacent to an activating group) is 1. The molecule has 1 heterocycles. The summed E-state index contributed by atoms with van der Waals surface area (Å²) >= 11 is 5.02. The molecule has 0 aliphatic carbocycles. The van der Waals surface area contributed by atoms with Crippen molar-refractivity contribution in [1.29, 1.82) is 0 Å². The van der Waals surface area contributed by atoms with Crippen molar-refractivity contribution in [2.75, 3.05) is 13.6 Å². The summed E-state index contributed by atoms with van der Waals surface area (Å²) in [5.41, 5.74) is 5.43. The van der Waals surface area contributed by atoms with Crippen molar-refractivity contribution in [3.05, 3.63) is 20.8 Å². The maximum atomic E-state index is 10.5. The normalized spacial score (nSPS) is 13.1. The average molecular weight is 293 g/mol. The SMILES string of the molecule is CN(Cc1ccc(Br)s1)CC(N)C(=O)O. The van der Waals surface area contributed by atoms with Crippen molar-refractivity contribution in [2.24, 2.45) is 5.73 Å². The number of halogens is 1. The summed E-state index contributed by atoms with van der Waals surface area (Å²) in [5, 5.41) is 8.64. The van der Waals surface area contributed by atoms with Gasteiger partial charge >= 0.3 is 5.97 Å². The Morgan fingerprint density at radius 2 is 2.40 bits per heavy atom. The lowest BCUT2D eigenvalue weighted by atomic mass is 10.3. The third-order valence-electron chi connectivity index (χ3n) is 1.88. The van der Waals surface area contributed by atoms with Crippen LogP contribution in [0.1, 0.15) is 4.88 Å². The van der Waals surface area contributed by atoms with Crippen LogP contribution in [0.5, 0.6) is 0 Å². The van der Waals surface area contributed by atoms with Gasteiger partial charge in [0.15, 0.2) is 0 Å². The van der Waals surface area contributed by atoms with Crippen LogP contribution in [0, 0.1) is 0 Å². The Bertz CT molecular complexity index is 343. The van der Waals surface area contributed by atoms with Crippen LogP contribution in [0.4, 0.5) is 0 Å². The number of carbonyl (C=O) groups is 1. The summed E-state index contributed by atoms with van der Waals surface area (Å²) in [6.45, 7) is 1.07. The van der Waals surface area contributed by atoms with Crippen molar-refractivity contribution < 1.29 is 9.90 Å². The fourth-order valence-corrected chi connectivity index (χ4v) is 2.74. The first-order valence-electron chi connectivity index (χ1n) is 4.40. The number of nitrogens with two attached hydrogens (primary N) is 1. The van der Waals surface area contributed by atoms with Gasteiger partial charge in [-0.05, 0) is 35.1 Å². The highest BCUT2D eigenvalue weighted by atomic mass is 79.9. The molecule has 0 aliphatic rings. The van der Waals surface area contributed by atoms with E-state index in [4.69, 9.17) is 10.8 Å². The molecule has 0 radical (unpaired) electrons. The Kier molecular flexibility index (Phi) is 4.72. The molecule has 1 rings (SSSR count). The second-order valence-electron chi connectivity index (χ2n) is 3.35. The maximum Gasteiger partial charge on any atom is 0.321 e. The number of carboxylic acids is 1. The zero-order chi connectivity index (χ0) is 11.4. The molecule has 0 aliphatic heterocycles. The number of aliphatic carboxylic acids is 1. The van der Waals surface area contributed by atoms with Crippen molar-refractivity contribution >= 4 is 33.2 Å². The summed E-state index contributed by atoms with van der Waals surface area (Å²) in [4.78, 5) is 13.6. The number of hydrogen-bond acceptors (Lipinski definition) is 4. The quantitative estimate of drug-likeness (QED) is 0.860. The highest BCUT2D eigenvalue weighted by molar-refractivity contribution is 9.11. The van der Waals surface area contributed by atoms with E-state index in [0.29, 0.717) is 6.54 Å². The first-order valence-corrected chi connectivity index (χ1v) is 6.01. The van der Waals surface area contributed by atoms with Crippen LogP contribution in [0.15, 0.2) is 15.9 Å². The number of thiophene rings is 1. The third kappa shape index (κ3) is 4.29. The highest BCUT2D eigenvalue weighted by Gasteiger charge is 2.14. The largest absolute Gasteiger partial charge is 0.480 e. The Labute approximate surface area is 101 Å². The van der Waals surface area contributed by atoms with Crippen LogP contribution >= 0.6 is 27.3 Å². The molecular formula is C9H13BrN2O2S. The van der Waals surface area contributed by atoms with Gasteiger partial charge in [-0.15, -0.1) is 11.3 Å². The molecule has 15 heavy (non-hydrogen) atoms. The van der Waals surface area contributed by atoms with Crippen LogP contribution in [0.3, 0.4) is 0 Å². The number of nitrogens with zero attached hydrogens (tertiary/aromatic N) is 1. The third-order valence-corrected chi connectivity index (χ3v) is 3.49. The van der Waals surface area contributed by atoms with Gasteiger partial charge in [0.25, 0.3) is 0 Å². The topological polar surface area (TPSA) is 66.6 Å². The lowest BCUT2D eigenvalue weighted by Gasteiger charge is -2.17. The Balaban J connectivity index is 2.42. The van der Waals surface area contributed by atoms with Gasteiger partial charge in [-0.3, -0.25) is 9.69 Å². The van der Waals surface area contributed by atoms with Gasteiger partial charge in [0.2, 0.25) is 0 Å². The first-order chi connectivity index (χ1) is 6.99. The summed E-state index contributed by atoms with van der Waals surface area (Å²) in [5.74, 6) is -0.964. The molecule has 0 amide bonds. The van der Waals surface area contributed by atoms with E-state index in [9.17, 15) is 4.79 Å². The van der Waals surface area contributed by atoms with Crippen molar-refractivity contribution in [1.82, 2.24) is 4.90 Å². The minimum absolute atomic E-state index is 0.352. The molecular weight excluding hydrogens is 280 g/mol. The second-order valence-corrected chi connectivity index (χ2v) is 5.89. The molecule has 1 aromatic heterocycles. The Hall–Kier alpha value is -0.430. The standard InChI is InChI=1S/C9H13BrN2O2S/c1-12(5-7(11)9(13)14)4-6-2-3-8(10)15-6/h2-3,7H,4-5,11H2,1H3,(H,13,14). The molecule has 0 fully saturated rings. The zero-order valence-electron chi connectivity index (χ0n) is 8.31. The molecule has 0 saturated heterocycles. The smallest absolute Gasteiger partial charge is 0.321 e. The highest BCUT2D eigenvalue weighted by Crippen LogP contribution is 2.22. The lowest BCUT2D eigenvalue weighted by molar-refractivity contribution is -0.138. The van der Waals surface area contributed by atoms with Gasteiger partial charge in [-0.2, -0.15) is 0 Å². The van der Waals surface area contributed by atoms with E-state index < -0.39 is 12.0 Å². The van der Waals surface area contributed by atoms with Crippen molar-refractivity contribution in [3.8, 4) is 0 Å². The van der Waals surface area contributed by atoms with Gasteiger partial charge in [0.05, 0.1) is 3.79 Å². The second kappa shape index (κ2) is 5.60. The molecule has 1 unspecified atom stereocenters. The number of rotatable bonds is 5. The van der Waals surface area contributed by atoms with Crippen LogP contribution in [-0.4, -0.2) is 35.6 Å². The predicted octanol–water partition coefficient (Wildman–Crippen LogP) is 1.35. The number of carboxylic acid groups (broad SMARTS) is 1. The van der Waals surface area contributed by atoms with Gasteiger partial charge in [-0.25, -0.2) is 0 Å². The van der Waals surface area contributed by atoms with E-state index >= 15 is 0 Å². The van der Waals surface area contributed by atoms with Crippen LogP contribution in [0.2, 0.25) is 0 Å². The molecule has 3 N–H and O–H groups in total. The van der Waals surface area contributed by atoms with Crippen molar-refractivity contribution in [3.63, 3.8) is 0 Å². The minimum atomic E-state index is -0.964. The predicted molar refractivity (Wildman–Crippen MR) is 64.0 cm³/mol. The molecule has 1 atom stereocenters. The van der Waals surface area contributed by atoms with Gasteiger partial charge in [-0.1, -0.05) is 0 Å². The monoisotopic (exact) mass is 292 g/mol. The van der Waals surface area contributed by atoms with Gasteiger partial charge < -0.3 is 10.8 Å². The molecule has 6 heteroatoms. The van der Waals surface area contributed by atoms with Crippen LogP contribution < -0.4 is 5.73 Å². The summed E-state index contributed by atoms with van der Waals surface area (Å²) in [7, 11) is 1.86. The van der Waals surface area contributed by atoms with Gasteiger partial charge in [0, 0.05) is 18.0 Å². The fraction of sp³-hybridized carbons (Fsp3) is 0.444. The van der Waals surface area contributed by atoms with E-state index in [1.54, 1.807) is 11.3 Å². The Morgan fingerprint density at radius 1 is 1.73 bits per heavy atom. The summed E-state index contributed by atoms with van der Waals surface area (Å²) in [6.07, 6.45) is 0. The molecule has 0 saturated carbocycles. The lowest BCUT2D eigenvalue weighted by Crippen LogP contribution is -2.40. The molecule has 0 bridgehead atoms. The van der Waals surface area contributed by atoms with Crippen LogP contribution in [0.25, 0.3) is 0 Å². The van der Waals surface area contributed by atoms with E-state index in [1.807, 2.05) is 24.1 Å².